The van der Waals surface area contributed by atoms with Gasteiger partial charge in [-0.1, -0.05) is 12.1 Å². The molecule has 0 aliphatic carbocycles. The molecule has 1 saturated heterocycles. The Bertz CT molecular complexity index is 412. The van der Waals surface area contributed by atoms with E-state index in [1.807, 2.05) is 6.92 Å². The highest BCUT2D eigenvalue weighted by molar-refractivity contribution is 5.85. The average molecular weight is 291 g/mol. The molecular weight excluding hydrogens is 270 g/mol. The summed E-state index contributed by atoms with van der Waals surface area (Å²) in [6.07, 6.45) is 2.20. The molecule has 1 aliphatic rings. The summed E-state index contributed by atoms with van der Waals surface area (Å²) in [6, 6.07) is 4.51. The highest BCUT2D eigenvalue weighted by Crippen LogP contribution is 2.21. The molecule has 1 aromatic rings. The van der Waals surface area contributed by atoms with Crippen LogP contribution in [-0.2, 0) is 6.54 Å². The Labute approximate surface area is 119 Å². The van der Waals surface area contributed by atoms with E-state index in [0.29, 0.717) is 18.0 Å². The molecule has 19 heavy (non-hydrogen) atoms. The molecule has 2 unspecified atom stereocenters. The molecular formula is C14H21ClF2N2. The lowest BCUT2D eigenvalue weighted by Gasteiger charge is -2.34. The van der Waals surface area contributed by atoms with Gasteiger partial charge in [0.1, 0.15) is 0 Å². The largest absolute Gasteiger partial charge is 0.328 e. The van der Waals surface area contributed by atoms with Crippen molar-refractivity contribution in [1.29, 1.82) is 0 Å². The lowest BCUT2D eigenvalue weighted by atomic mass is 9.92. The molecule has 0 radical (unpaired) electrons. The molecule has 5 heteroatoms. The molecule has 1 heterocycles. The Kier molecular flexibility index (Phi) is 6.17. The quantitative estimate of drug-likeness (QED) is 0.927. The van der Waals surface area contributed by atoms with Crippen molar-refractivity contribution in [2.75, 3.05) is 13.1 Å². The smallest absolute Gasteiger partial charge is 0.163 e. The van der Waals surface area contributed by atoms with Crippen LogP contribution in [0, 0.1) is 17.6 Å². The molecule has 108 valence electrons. The first-order chi connectivity index (χ1) is 8.58. The van der Waals surface area contributed by atoms with Gasteiger partial charge in [-0.2, -0.15) is 0 Å². The van der Waals surface area contributed by atoms with E-state index in [1.165, 1.54) is 0 Å². The number of likely N-dealkylation sites (tertiary alicyclic amines) is 1. The van der Waals surface area contributed by atoms with E-state index >= 15 is 0 Å². The van der Waals surface area contributed by atoms with Gasteiger partial charge in [-0.15, -0.1) is 12.4 Å². The number of hydrogen-bond donors (Lipinski definition) is 1. The minimum atomic E-state index is -0.770. The summed E-state index contributed by atoms with van der Waals surface area (Å²) in [6.45, 7) is 4.27. The molecule has 1 aromatic carbocycles. The van der Waals surface area contributed by atoms with Crippen LogP contribution in [0.5, 0.6) is 0 Å². The number of piperidine rings is 1. The summed E-state index contributed by atoms with van der Waals surface area (Å²) in [5.41, 5.74) is 6.35. The Hall–Kier alpha value is -0.710. The minimum Gasteiger partial charge on any atom is -0.328 e. The summed E-state index contributed by atoms with van der Waals surface area (Å²) >= 11 is 0. The van der Waals surface area contributed by atoms with Gasteiger partial charge in [0.2, 0.25) is 0 Å². The maximum Gasteiger partial charge on any atom is 0.163 e. The molecule has 0 amide bonds. The van der Waals surface area contributed by atoms with E-state index in [4.69, 9.17) is 5.73 Å². The van der Waals surface area contributed by atoms with Gasteiger partial charge in [0.25, 0.3) is 0 Å². The van der Waals surface area contributed by atoms with Gasteiger partial charge in [0.15, 0.2) is 11.6 Å². The van der Waals surface area contributed by atoms with Crippen LogP contribution in [0.1, 0.15) is 25.3 Å². The fraction of sp³-hybridized carbons (Fsp3) is 0.571. The van der Waals surface area contributed by atoms with Gasteiger partial charge in [0.05, 0.1) is 0 Å². The van der Waals surface area contributed by atoms with Gasteiger partial charge in [0, 0.05) is 24.7 Å². The topological polar surface area (TPSA) is 29.3 Å². The maximum atomic E-state index is 13.6. The Morgan fingerprint density at radius 3 is 2.84 bits per heavy atom. The second kappa shape index (κ2) is 7.17. The molecule has 0 aromatic heterocycles. The van der Waals surface area contributed by atoms with E-state index in [2.05, 4.69) is 4.90 Å². The third-order valence-electron chi connectivity index (χ3n) is 3.71. The summed E-state index contributed by atoms with van der Waals surface area (Å²) in [7, 11) is 0. The average Bonchev–Trinajstić information content (AvgIpc) is 2.35. The van der Waals surface area contributed by atoms with Crippen LogP contribution in [0.2, 0.25) is 0 Å². The molecule has 0 saturated carbocycles. The predicted octanol–water partition coefficient (Wildman–Crippen LogP) is 2.95. The van der Waals surface area contributed by atoms with Gasteiger partial charge in [-0.3, -0.25) is 4.90 Å². The fourth-order valence-corrected chi connectivity index (χ4v) is 2.58. The van der Waals surface area contributed by atoms with Crippen LogP contribution in [0.15, 0.2) is 18.2 Å². The zero-order chi connectivity index (χ0) is 13.1. The van der Waals surface area contributed by atoms with Crippen LogP contribution < -0.4 is 5.73 Å². The standard InChI is InChI=1S/C14H20F2N2.ClH/c1-10(17)11-5-3-7-18(8-11)9-12-4-2-6-13(15)14(12)16;/h2,4,6,10-11H,3,5,7-9,17H2,1H3;1H. The van der Waals surface area contributed by atoms with Gasteiger partial charge >= 0.3 is 0 Å². The molecule has 1 fully saturated rings. The Morgan fingerprint density at radius 1 is 1.42 bits per heavy atom. The first kappa shape index (κ1) is 16.3. The first-order valence-corrected chi connectivity index (χ1v) is 6.48. The molecule has 2 nitrogen and oxygen atoms in total. The normalized spacial score (nSPS) is 21.8. The molecule has 1 aliphatic heterocycles. The number of benzene rings is 1. The van der Waals surface area contributed by atoms with Gasteiger partial charge in [-0.05, 0) is 38.3 Å². The maximum absolute atomic E-state index is 13.6. The Balaban J connectivity index is 0.00000180. The third kappa shape index (κ3) is 4.13. The lowest BCUT2D eigenvalue weighted by Crippen LogP contribution is -2.42. The summed E-state index contributed by atoms with van der Waals surface area (Å²) < 4.78 is 26.7. The van der Waals surface area contributed by atoms with Crippen molar-refractivity contribution in [3.8, 4) is 0 Å². The van der Waals surface area contributed by atoms with Crippen molar-refractivity contribution in [2.24, 2.45) is 11.7 Å². The molecule has 0 bridgehead atoms. The van der Waals surface area contributed by atoms with Gasteiger partial charge in [-0.25, -0.2) is 8.78 Å². The van der Waals surface area contributed by atoms with E-state index in [-0.39, 0.29) is 18.4 Å². The number of hydrogen-bond acceptors (Lipinski definition) is 2. The second-order valence-corrected chi connectivity index (χ2v) is 5.21. The van der Waals surface area contributed by atoms with Crippen LogP contribution in [0.4, 0.5) is 8.78 Å². The monoisotopic (exact) mass is 290 g/mol. The van der Waals surface area contributed by atoms with Crippen molar-refractivity contribution in [2.45, 2.75) is 32.4 Å². The molecule has 0 spiro atoms. The molecule has 2 rings (SSSR count). The van der Waals surface area contributed by atoms with Crippen LogP contribution in [0.25, 0.3) is 0 Å². The number of nitrogens with two attached hydrogens (primary N) is 1. The third-order valence-corrected chi connectivity index (χ3v) is 3.71. The van der Waals surface area contributed by atoms with Crippen molar-refractivity contribution >= 4 is 12.4 Å². The molecule has 2 atom stereocenters. The van der Waals surface area contributed by atoms with E-state index in [1.54, 1.807) is 12.1 Å². The van der Waals surface area contributed by atoms with Crippen LogP contribution in [0.3, 0.4) is 0 Å². The zero-order valence-electron chi connectivity index (χ0n) is 11.1. The summed E-state index contributed by atoms with van der Waals surface area (Å²) in [5.74, 6) is -1.04. The number of halogens is 3. The van der Waals surface area contributed by atoms with Crippen molar-refractivity contribution < 1.29 is 8.78 Å². The van der Waals surface area contributed by atoms with Crippen LogP contribution >= 0.6 is 12.4 Å². The number of nitrogens with zero attached hydrogens (tertiary/aromatic N) is 1. The van der Waals surface area contributed by atoms with Crippen molar-refractivity contribution in [3.05, 3.63) is 35.4 Å². The van der Waals surface area contributed by atoms with Gasteiger partial charge < -0.3 is 5.73 Å². The van der Waals surface area contributed by atoms with E-state index < -0.39 is 11.6 Å². The summed E-state index contributed by atoms with van der Waals surface area (Å²) in [4.78, 5) is 2.16. The SMILES string of the molecule is CC(N)C1CCCN(Cc2cccc(F)c2F)C1.Cl. The van der Waals surface area contributed by atoms with Crippen molar-refractivity contribution in [3.63, 3.8) is 0 Å². The Morgan fingerprint density at radius 2 is 2.16 bits per heavy atom. The lowest BCUT2D eigenvalue weighted by molar-refractivity contribution is 0.152. The number of rotatable bonds is 3. The first-order valence-electron chi connectivity index (χ1n) is 6.48. The fourth-order valence-electron chi connectivity index (χ4n) is 2.58. The molecule has 2 N–H and O–H groups in total. The van der Waals surface area contributed by atoms with Crippen molar-refractivity contribution in [1.82, 2.24) is 4.90 Å². The second-order valence-electron chi connectivity index (χ2n) is 5.21. The highest BCUT2D eigenvalue weighted by atomic mass is 35.5. The zero-order valence-corrected chi connectivity index (χ0v) is 11.9. The predicted molar refractivity (Wildman–Crippen MR) is 75.3 cm³/mol. The van der Waals surface area contributed by atoms with E-state index in [9.17, 15) is 8.78 Å². The highest BCUT2D eigenvalue weighted by Gasteiger charge is 2.23. The van der Waals surface area contributed by atoms with Crippen LogP contribution in [-0.4, -0.2) is 24.0 Å². The summed E-state index contributed by atoms with van der Waals surface area (Å²) in [5, 5.41) is 0. The van der Waals surface area contributed by atoms with E-state index in [0.717, 1.165) is 32.0 Å². The minimum absolute atomic E-state index is 0.